The Morgan fingerprint density at radius 3 is 2.84 bits per heavy atom. The zero-order valence-corrected chi connectivity index (χ0v) is 19.2. The van der Waals surface area contributed by atoms with Gasteiger partial charge < -0.3 is 15.0 Å². The molecular formula is C23H26N4O4S. The number of ether oxygens (including phenoxy) is 1. The van der Waals surface area contributed by atoms with Crippen LogP contribution in [0.1, 0.15) is 35.0 Å². The molecule has 1 aliphatic heterocycles. The number of rotatable bonds is 5. The van der Waals surface area contributed by atoms with Crippen molar-refractivity contribution in [1.29, 1.82) is 0 Å². The van der Waals surface area contributed by atoms with Gasteiger partial charge in [-0.1, -0.05) is 19.1 Å². The molecule has 2 amide bonds. The number of aromatic nitrogens is 2. The molecule has 0 aliphatic carbocycles. The predicted octanol–water partition coefficient (Wildman–Crippen LogP) is 3.29. The summed E-state index contributed by atoms with van der Waals surface area (Å²) >= 11 is 1.16. The molecule has 1 fully saturated rings. The minimum Gasteiger partial charge on any atom is -0.495 e. The molecule has 1 aliphatic rings. The van der Waals surface area contributed by atoms with Gasteiger partial charge in [-0.25, -0.2) is 4.98 Å². The van der Waals surface area contributed by atoms with Crippen molar-refractivity contribution >= 4 is 39.1 Å². The molecule has 1 atom stereocenters. The molecule has 2 aromatic heterocycles. The second-order valence-corrected chi connectivity index (χ2v) is 9.15. The fourth-order valence-corrected chi connectivity index (χ4v) is 5.11. The molecule has 8 nitrogen and oxygen atoms in total. The topological polar surface area (TPSA) is 93.5 Å². The first-order valence-electron chi connectivity index (χ1n) is 10.6. The Kier molecular flexibility index (Phi) is 6.27. The zero-order chi connectivity index (χ0) is 22.8. The van der Waals surface area contributed by atoms with Crippen molar-refractivity contribution in [3.05, 3.63) is 51.4 Å². The third-order valence-electron chi connectivity index (χ3n) is 5.79. The number of para-hydroxylation sites is 2. The average Bonchev–Trinajstić information content (AvgIpc) is 3.13. The molecule has 168 valence electrons. The summed E-state index contributed by atoms with van der Waals surface area (Å²) < 4.78 is 6.63. The summed E-state index contributed by atoms with van der Waals surface area (Å²) in [5, 5.41) is 3.22. The van der Waals surface area contributed by atoms with E-state index in [2.05, 4.69) is 17.2 Å². The van der Waals surface area contributed by atoms with Crippen molar-refractivity contribution in [2.24, 2.45) is 5.92 Å². The molecule has 0 bridgehead atoms. The smallest absolute Gasteiger partial charge is 0.266 e. The molecule has 1 N–H and O–H groups in total. The number of carbonyl (C=O) groups excluding carboxylic acids is 2. The van der Waals surface area contributed by atoms with Crippen LogP contribution in [0.5, 0.6) is 5.75 Å². The van der Waals surface area contributed by atoms with E-state index in [-0.39, 0.29) is 23.9 Å². The number of fused-ring (bicyclic) bond motifs is 1. The predicted molar refractivity (Wildman–Crippen MR) is 125 cm³/mol. The van der Waals surface area contributed by atoms with E-state index in [1.807, 2.05) is 11.0 Å². The number of benzene rings is 1. The summed E-state index contributed by atoms with van der Waals surface area (Å²) in [6, 6.07) is 7.12. The summed E-state index contributed by atoms with van der Waals surface area (Å²) in [5.41, 5.74) is 0.797. The highest BCUT2D eigenvalue weighted by atomic mass is 32.1. The highest BCUT2D eigenvalue weighted by molar-refractivity contribution is 7.20. The van der Waals surface area contributed by atoms with Gasteiger partial charge in [0.05, 0.1) is 29.4 Å². The molecule has 3 heterocycles. The quantitative estimate of drug-likeness (QED) is 0.639. The maximum atomic E-state index is 13.1. The lowest BCUT2D eigenvalue weighted by Gasteiger charge is -2.31. The van der Waals surface area contributed by atoms with Crippen LogP contribution in [0.25, 0.3) is 10.2 Å². The lowest BCUT2D eigenvalue weighted by atomic mass is 10.0. The second-order valence-electron chi connectivity index (χ2n) is 8.16. The van der Waals surface area contributed by atoms with Gasteiger partial charge in [0.25, 0.3) is 11.5 Å². The fraction of sp³-hybridized carbons (Fsp3) is 0.391. The van der Waals surface area contributed by atoms with Gasteiger partial charge in [0.15, 0.2) is 0 Å². The maximum absolute atomic E-state index is 13.1. The van der Waals surface area contributed by atoms with Crippen LogP contribution in [0, 0.1) is 12.8 Å². The molecule has 3 aromatic rings. The van der Waals surface area contributed by atoms with Crippen LogP contribution in [0.4, 0.5) is 5.69 Å². The maximum Gasteiger partial charge on any atom is 0.266 e. The molecule has 9 heteroatoms. The summed E-state index contributed by atoms with van der Waals surface area (Å²) in [6.45, 7) is 5.25. The van der Waals surface area contributed by atoms with Crippen molar-refractivity contribution in [2.45, 2.75) is 33.2 Å². The largest absolute Gasteiger partial charge is 0.495 e. The van der Waals surface area contributed by atoms with E-state index in [9.17, 15) is 14.4 Å². The number of methoxy groups -OCH3 is 1. The number of piperidine rings is 1. The van der Waals surface area contributed by atoms with E-state index in [1.54, 1.807) is 25.1 Å². The monoisotopic (exact) mass is 454 g/mol. The Labute approximate surface area is 189 Å². The highest BCUT2D eigenvalue weighted by Gasteiger charge is 2.24. The molecule has 0 spiro atoms. The van der Waals surface area contributed by atoms with Crippen LogP contribution in [0.3, 0.4) is 0 Å². The summed E-state index contributed by atoms with van der Waals surface area (Å²) in [5.74, 6) is 0.597. The standard InChI is InChI=1S/C23H26N4O4S/c1-14-7-6-10-26(11-14)18(28)12-27-13-24-22-19(23(27)30)15(2)20(32-22)21(29)25-16-8-4-5-9-17(16)31-3/h4-5,8-9,13-14H,6-7,10-12H2,1-3H3,(H,25,29)/t14-/m1/s1. The SMILES string of the molecule is COc1ccccc1NC(=O)c1sc2ncn(CC(=O)N3CCC[C@@H](C)C3)c(=O)c2c1C. The number of aryl methyl sites for hydroxylation is 1. The average molecular weight is 455 g/mol. The van der Waals surface area contributed by atoms with Crippen molar-refractivity contribution in [2.75, 3.05) is 25.5 Å². The van der Waals surface area contributed by atoms with Crippen LogP contribution in [-0.4, -0.2) is 46.5 Å². The van der Waals surface area contributed by atoms with Crippen LogP contribution in [-0.2, 0) is 11.3 Å². The Hall–Kier alpha value is -3.20. The van der Waals surface area contributed by atoms with Gasteiger partial charge in [-0.3, -0.25) is 19.0 Å². The van der Waals surface area contributed by atoms with Gasteiger partial charge in [-0.05, 0) is 43.4 Å². The third kappa shape index (κ3) is 4.25. The minimum absolute atomic E-state index is 0.0491. The first kappa shape index (κ1) is 22.0. The first-order valence-corrected chi connectivity index (χ1v) is 11.4. The number of thiophene rings is 1. The van der Waals surface area contributed by atoms with Gasteiger partial charge in [0.1, 0.15) is 17.1 Å². The molecule has 0 unspecified atom stereocenters. The van der Waals surface area contributed by atoms with Crippen molar-refractivity contribution in [1.82, 2.24) is 14.5 Å². The number of hydrogen-bond donors (Lipinski definition) is 1. The number of carbonyl (C=O) groups is 2. The van der Waals surface area contributed by atoms with Crippen molar-refractivity contribution < 1.29 is 14.3 Å². The van der Waals surface area contributed by atoms with Crippen molar-refractivity contribution in [3.8, 4) is 5.75 Å². The molecule has 0 radical (unpaired) electrons. The van der Waals surface area contributed by atoms with E-state index in [1.165, 1.54) is 18.0 Å². The van der Waals surface area contributed by atoms with Gasteiger partial charge >= 0.3 is 0 Å². The van der Waals surface area contributed by atoms with E-state index < -0.39 is 0 Å². The van der Waals surface area contributed by atoms with E-state index in [0.29, 0.717) is 44.6 Å². The van der Waals surface area contributed by atoms with E-state index >= 15 is 0 Å². The summed E-state index contributed by atoms with van der Waals surface area (Å²) in [4.78, 5) is 45.9. The first-order chi connectivity index (χ1) is 15.4. The highest BCUT2D eigenvalue weighted by Crippen LogP contribution is 2.29. The summed E-state index contributed by atoms with van der Waals surface area (Å²) in [7, 11) is 1.54. The number of hydrogen-bond acceptors (Lipinski definition) is 6. The number of nitrogens with zero attached hydrogens (tertiary/aromatic N) is 3. The van der Waals surface area contributed by atoms with Crippen LogP contribution >= 0.6 is 11.3 Å². The Bertz CT molecular complexity index is 1230. The van der Waals surface area contributed by atoms with Gasteiger partial charge in [-0.2, -0.15) is 0 Å². The fourth-order valence-electron chi connectivity index (χ4n) is 4.08. The van der Waals surface area contributed by atoms with E-state index in [4.69, 9.17) is 4.74 Å². The molecule has 1 saturated heterocycles. The Morgan fingerprint density at radius 2 is 2.09 bits per heavy atom. The molecule has 1 aromatic carbocycles. The second kappa shape index (κ2) is 9.12. The number of likely N-dealkylation sites (tertiary alicyclic amines) is 1. The molecule has 4 rings (SSSR count). The number of nitrogens with one attached hydrogen (secondary N) is 1. The van der Waals surface area contributed by atoms with Gasteiger partial charge in [0.2, 0.25) is 5.91 Å². The van der Waals surface area contributed by atoms with Crippen LogP contribution < -0.4 is 15.6 Å². The van der Waals surface area contributed by atoms with Crippen LogP contribution in [0.15, 0.2) is 35.4 Å². The Morgan fingerprint density at radius 1 is 1.31 bits per heavy atom. The normalized spacial score (nSPS) is 16.2. The van der Waals surface area contributed by atoms with Crippen LogP contribution in [0.2, 0.25) is 0 Å². The lowest BCUT2D eigenvalue weighted by molar-refractivity contribution is -0.133. The minimum atomic E-state index is -0.334. The molecular weight excluding hydrogens is 428 g/mol. The molecule has 0 saturated carbocycles. The Balaban J connectivity index is 1.60. The van der Waals surface area contributed by atoms with Crippen molar-refractivity contribution in [3.63, 3.8) is 0 Å². The molecule has 32 heavy (non-hydrogen) atoms. The lowest BCUT2D eigenvalue weighted by Crippen LogP contribution is -2.42. The zero-order valence-electron chi connectivity index (χ0n) is 18.4. The summed E-state index contributed by atoms with van der Waals surface area (Å²) in [6.07, 6.45) is 3.49. The van der Waals surface area contributed by atoms with Gasteiger partial charge in [-0.15, -0.1) is 11.3 Å². The number of amides is 2. The van der Waals surface area contributed by atoms with E-state index in [0.717, 1.165) is 30.7 Å². The third-order valence-corrected chi connectivity index (χ3v) is 6.99. The van der Waals surface area contributed by atoms with Gasteiger partial charge in [0, 0.05) is 13.1 Å². The number of anilines is 1.